The number of carbonyl (C=O) groups is 3. The van der Waals surface area contributed by atoms with Crippen LogP contribution in [0, 0.1) is 0 Å². The highest BCUT2D eigenvalue weighted by molar-refractivity contribution is 9.10. The normalized spacial score (nSPS) is 18.1. The molecule has 250 valence electrons. The van der Waals surface area contributed by atoms with Crippen molar-refractivity contribution in [2.24, 2.45) is 0 Å². The maximum atomic E-state index is 14.3. The summed E-state index contributed by atoms with van der Waals surface area (Å²) in [7, 11) is 1.52. The fourth-order valence-electron chi connectivity index (χ4n) is 5.88. The molecule has 0 radical (unpaired) electrons. The third kappa shape index (κ3) is 7.07. The molecule has 2 unspecified atom stereocenters. The van der Waals surface area contributed by atoms with Crippen molar-refractivity contribution in [2.75, 3.05) is 20.1 Å². The molecule has 0 bridgehead atoms. The molecule has 2 atom stereocenters. The van der Waals surface area contributed by atoms with Crippen molar-refractivity contribution in [1.82, 2.24) is 24.7 Å². The van der Waals surface area contributed by atoms with Crippen LogP contribution in [0.15, 0.2) is 51.7 Å². The Morgan fingerprint density at radius 2 is 1.70 bits per heavy atom. The van der Waals surface area contributed by atoms with Gasteiger partial charge in [0.05, 0.1) is 23.5 Å². The third-order valence-electron chi connectivity index (χ3n) is 8.24. The van der Waals surface area contributed by atoms with Gasteiger partial charge in [-0.3, -0.25) is 19.0 Å². The molecule has 2 aromatic carbocycles. The van der Waals surface area contributed by atoms with E-state index < -0.39 is 35.4 Å². The Morgan fingerprint density at radius 3 is 2.32 bits per heavy atom. The fourth-order valence-corrected chi connectivity index (χ4v) is 6.35. The first-order valence-electron chi connectivity index (χ1n) is 15.1. The summed E-state index contributed by atoms with van der Waals surface area (Å²) in [5.41, 5.74) is -0.541. The number of halogens is 4. The summed E-state index contributed by atoms with van der Waals surface area (Å²) in [4.78, 5) is 60.8. The average molecular weight is 719 g/mol. The number of hydrogen-bond acceptors (Lipinski definition) is 6. The summed E-state index contributed by atoms with van der Waals surface area (Å²) < 4.78 is 47.7. The molecule has 1 aromatic heterocycles. The Balaban J connectivity index is 1.55. The molecule has 3 amide bonds. The van der Waals surface area contributed by atoms with Crippen LogP contribution in [0.2, 0.25) is 0 Å². The summed E-state index contributed by atoms with van der Waals surface area (Å²) in [5, 5.41) is 2.56. The number of aromatic nitrogens is 2. The second-order valence-electron chi connectivity index (χ2n) is 12.8. The molecular formula is C33H35BrF3N5O5. The first-order valence-corrected chi connectivity index (χ1v) is 15.9. The predicted molar refractivity (Wildman–Crippen MR) is 171 cm³/mol. The summed E-state index contributed by atoms with van der Waals surface area (Å²) in [6, 6.07) is 9.32. The number of hydrogen-bond donors (Lipinski definition) is 1. The zero-order valence-corrected chi connectivity index (χ0v) is 28.2. The van der Waals surface area contributed by atoms with E-state index >= 15 is 0 Å². The Kier molecular flexibility index (Phi) is 9.28. The number of amides is 3. The van der Waals surface area contributed by atoms with Crippen LogP contribution in [-0.4, -0.2) is 69.0 Å². The number of fused-ring (bicyclic) bond motifs is 1. The van der Waals surface area contributed by atoms with Crippen LogP contribution in [-0.2, 0) is 23.9 Å². The molecule has 47 heavy (non-hydrogen) atoms. The number of alkyl halides is 3. The van der Waals surface area contributed by atoms with Gasteiger partial charge in [-0.15, -0.1) is 0 Å². The number of ether oxygens (including phenoxy) is 1. The van der Waals surface area contributed by atoms with E-state index in [1.807, 2.05) is 0 Å². The topological polar surface area (TPSA) is 114 Å². The molecule has 5 rings (SSSR count). The molecule has 3 aromatic rings. The van der Waals surface area contributed by atoms with E-state index in [0.29, 0.717) is 41.3 Å². The van der Waals surface area contributed by atoms with Crippen LogP contribution in [0.25, 0.3) is 5.69 Å². The molecule has 14 heteroatoms. The Morgan fingerprint density at radius 1 is 1.04 bits per heavy atom. The van der Waals surface area contributed by atoms with Crippen molar-refractivity contribution in [1.29, 1.82) is 0 Å². The van der Waals surface area contributed by atoms with Crippen LogP contribution >= 0.6 is 15.9 Å². The molecule has 0 spiro atoms. The minimum absolute atomic E-state index is 0.0893. The molecule has 0 aliphatic carbocycles. The van der Waals surface area contributed by atoms with Crippen molar-refractivity contribution >= 4 is 33.8 Å². The predicted octanol–water partition coefficient (Wildman–Crippen LogP) is 5.68. The second-order valence-corrected chi connectivity index (χ2v) is 13.6. The summed E-state index contributed by atoms with van der Waals surface area (Å²) in [6.07, 6.45) is -4.54. The molecule has 1 N–H and O–H groups in total. The van der Waals surface area contributed by atoms with E-state index in [1.54, 1.807) is 56.9 Å². The lowest BCUT2D eigenvalue weighted by Crippen LogP contribution is -2.46. The van der Waals surface area contributed by atoms with Crippen molar-refractivity contribution in [3.05, 3.63) is 91.1 Å². The minimum Gasteiger partial charge on any atom is -0.444 e. The Bertz CT molecular complexity index is 1790. The van der Waals surface area contributed by atoms with E-state index in [-0.39, 0.29) is 46.9 Å². The highest BCUT2D eigenvalue weighted by Gasteiger charge is 2.38. The quantitative estimate of drug-likeness (QED) is 0.372. The van der Waals surface area contributed by atoms with Crippen LogP contribution in [0.4, 0.5) is 18.0 Å². The molecule has 10 nitrogen and oxygen atoms in total. The van der Waals surface area contributed by atoms with Gasteiger partial charge in [0, 0.05) is 53.3 Å². The van der Waals surface area contributed by atoms with E-state index in [2.05, 4.69) is 21.2 Å². The highest BCUT2D eigenvalue weighted by Crippen LogP contribution is 2.36. The van der Waals surface area contributed by atoms with Crippen LogP contribution < -0.4 is 10.9 Å². The monoisotopic (exact) mass is 717 g/mol. The van der Waals surface area contributed by atoms with Gasteiger partial charge in [-0.05, 0) is 83.0 Å². The smallest absolute Gasteiger partial charge is 0.417 e. The number of carbonyl (C=O) groups excluding carboxylic acids is 3. The Hall–Kier alpha value is -4.20. The number of nitrogens with one attached hydrogen (secondary N) is 1. The van der Waals surface area contributed by atoms with Crippen LogP contribution in [0.5, 0.6) is 0 Å². The summed E-state index contributed by atoms with van der Waals surface area (Å²) >= 11 is 2.92. The molecule has 2 aliphatic rings. The summed E-state index contributed by atoms with van der Waals surface area (Å²) in [6.45, 7) is 7.56. The number of benzene rings is 2. The summed E-state index contributed by atoms with van der Waals surface area (Å²) in [5.74, 6) is -0.903. The number of rotatable bonds is 4. The van der Waals surface area contributed by atoms with Gasteiger partial charge in [0.2, 0.25) is 0 Å². The van der Waals surface area contributed by atoms with Gasteiger partial charge >= 0.3 is 12.3 Å². The van der Waals surface area contributed by atoms with E-state index in [0.717, 1.165) is 6.07 Å². The lowest BCUT2D eigenvalue weighted by atomic mass is 9.97. The van der Waals surface area contributed by atoms with Gasteiger partial charge in [0.1, 0.15) is 11.4 Å². The van der Waals surface area contributed by atoms with Crippen molar-refractivity contribution in [3.63, 3.8) is 0 Å². The van der Waals surface area contributed by atoms with E-state index in [4.69, 9.17) is 9.72 Å². The van der Waals surface area contributed by atoms with Gasteiger partial charge in [-0.25, -0.2) is 9.78 Å². The first kappa shape index (κ1) is 34.1. The zero-order chi connectivity index (χ0) is 34.4. The average Bonchev–Trinajstić information content (AvgIpc) is 3.50. The standard InChI is InChI=1S/C33H35BrF3N5O5/c1-18-14-23-26(17-41(18)29(44)20-8-11-25(34)24(15-20)33(35,36)37)39-27(21-12-13-40(16-21)31(46)47-32(2,3)4)42(30(23)45)22-9-6-19(7-10-22)28(43)38-5/h6-11,15,18,21H,12-14,16-17H2,1-5H3,(H,38,43). The molecule has 0 saturated carbocycles. The third-order valence-corrected chi connectivity index (χ3v) is 8.93. The molecule has 1 saturated heterocycles. The highest BCUT2D eigenvalue weighted by atomic mass is 79.9. The van der Waals surface area contributed by atoms with Crippen LogP contribution in [0.1, 0.15) is 83.4 Å². The van der Waals surface area contributed by atoms with E-state index in [1.165, 1.54) is 28.6 Å². The zero-order valence-electron chi connectivity index (χ0n) is 26.6. The molecule has 1 fully saturated rings. The number of nitrogens with zero attached hydrogens (tertiary/aromatic N) is 4. The van der Waals surface area contributed by atoms with Gasteiger partial charge in [0.25, 0.3) is 17.4 Å². The SMILES string of the molecule is CNC(=O)c1ccc(-n2c(C3CCN(C(=O)OC(C)(C)C)C3)nc3c(c2=O)CC(C)N(C(=O)c2ccc(Br)c(C(F)(F)F)c2)C3)cc1. The Labute approximate surface area is 278 Å². The van der Waals surface area contributed by atoms with Crippen molar-refractivity contribution < 1.29 is 32.3 Å². The molecule has 3 heterocycles. The minimum atomic E-state index is -4.66. The second kappa shape index (κ2) is 12.8. The van der Waals surface area contributed by atoms with Crippen molar-refractivity contribution in [2.45, 2.75) is 70.8 Å². The van der Waals surface area contributed by atoms with Gasteiger partial charge in [-0.2, -0.15) is 13.2 Å². The first-order chi connectivity index (χ1) is 22.0. The lowest BCUT2D eigenvalue weighted by molar-refractivity contribution is -0.138. The lowest BCUT2D eigenvalue weighted by Gasteiger charge is -2.35. The maximum Gasteiger partial charge on any atom is 0.417 e. The van der Waals surface area contributed by atoms with Gasteiger partial charge < -0.3 is 19.9 Å². The largest absolute Gasteiger partial charge is 0.444 e. The molecular weight excluding hydrogens is 683 g/mol. The fraction of sp³-hybridized carbons (Fsp3) is 0.424. The van der Waals surface area contributed by atoms with Gasteiger partial charge in [0.15, 0.2) is 0 Å². The van der Waals surface area contributed by atoms with Crippen LogP contribution in [0.3, 0.4) is 0 Å². The van der Waals surface area contributed by atoms with Crippen molar-refractivity contribution in [3.8, 4) is 5.69 Å². The van der Waals surface area contributed by atoms with E-state index in [9.17, 15) is 32.3 Å². The molecule has 2 aliphatic heterocycles. The maximum absolute atomic E-state index is 14.3. The van der Waals surface area contributed by atoms with Gasteiger partial charge in [-0.1, -0.05) is 15.9 Å². The number of likely N-dealkylation sites (tertiary alicyclic amines) is 1.